The van der Waals surface area contributed by atoms with Gasteiger partial charge in [0, 0.05) is 11.3 Å². The van der Waals surface area contributed by atoms with Crippen LogP contribution in [-0.2, 0) is 28.5 Å². The van der Waals surface area contributed by atoms with Gasteiger partial charge in [-0.1, -0.05) is 51.5 Å². The number of hydrogen-bond acceptors (Lipinski definition) is 15. The third-order valence-electron chi connectivity index (χ3n) is 16.7. The van der Waals surface area contributed by atoms with Gasteiger partial charge in [0.2, 0.25) is 6.29 Å². The van der Waals surface area contributed by atoms with Crippen molar-refractivity contribution in [1.82, 2.24) is 0 Å². The van der Waals surface area contributed by atoms with Crippen molar-refractivity contribution in [2.24, 2.45) is 44.8 Å². The van der Waals surface area contributed by atoms with Crippen molar-refractivity contribution in [2.45, 2.75) is 159 Å². The van der Waals surface area contributed by atoms with Gasteiger partial charge in [-0.3, -0.25) is 4.79 Å². The molecule has 0 amide bonds. The minimum Gasteiger partial charge on any atom is -0.479 e. The lowest BCUT2D eigenvalue weighted by molar-refractivity contribution is -0.340. The van der Waals surface area contributed by atoms with Crippen molar-refractivity contribution in [3.8, 4) is 0 Å². The monoisotopic (exact) mass is 810 g/mol. The number of carbonyl (C=O) groups is 2. The Kier molecular flexibility index (Phi) is 11.2. The molecular weight excluding hydrogens is 748 g/mol. The largest absolute Gasteiger partial charge is 0.479 e. The average Bonchev–Trinajstić information content (AvgIpc) is 3.16. The zero-order valence-electron chi connectivity index (χ0n) is 33.1. The summed E-state index contributed by atoms with van der Waals surface area (Å²) in [6.45, 7) is 11.8. The maximum absolute atomic E-state index is 14.4. The van der Waals surface area contributed by atoms with E-state index < -0.39 is 120 Å². The molecule has 7 aliphatic rings. The lowest BCUT2D eigenvalue weighted by Crippen LogP contribution is -2.69. The van der Waals surface area contributed by atoms with Crippen LogP contribution < -0.4 is 0 Å². The van der Waals surface area contributed by atoms with Crippen molar-refractivity contribution in [3.63, 3.8) is 0 Å². The number of rotatable bonds is 7. The molecule has 0 aromatic rings. The van der Waals surface area contributed by atoms with Crippen LogP contribution in [-0.4, -0.2) is 150 Å². The van der Waals surface area contributed by atoms with Crippen LogP contribution in [0.15, 0.2) is 23.8 Å². The Hall–Kier alpha value is -2.06. The number of ether oxygens (including phenoxy) is 4. The van der Waals surface area contributed by atoms with Gasteiger partial charge in [0.25, 0.3) is 0 Å². The van der Waals surface area contributed by atoms with Crippen LogP contribution in [0, 0.1) is 44.8 Å². The fourth-order valence-electron chi connectivity index (χ4n) is 13.3. The van der Waals surface area contributed by atoms with Crippen LogP contribution in [0.4, 0.5) is 0 Å². The van der Waals surface area contributed by atoms with Crippen LogP contribution in [0.1, 0.15) is 85.5 Å². The number of hydrogen-bond donors (Lipinski definition) is 10. The van der Waals surface area contributed by atoms with Crippen LogP contribution >= 0.6 is 0 Å². The van der Waals surface area contributed by atoms with Crippen molar-refractivity contribution >= 4 is 11.9 Å². The van der Waals surface area contributed by atoms with E-state index in [-0.39, 0.29) is 29.6 Å². The van der Waals surface area contributed by atoms with Crippen LogP contribution in [0.5, 0.6) is 0 Å². The number of aliphatic hydroxyl groups excluding tert-OH is 9. The van der Waals surface area contributed by atoms with Crippen molar-refractivity contribution in [2.75, 3.05) is 13.2 Å². The number of carboxylic acids is 1. The Morgan fingerprint density at radius 1 is 0.842 bits per heavy atom. The first-order valence-corrected chi connectivity index (χ1v) is 20.4. The third kappa shape index (κ3) is 6.22. The van der Waals surface area contributed by atoms with E-state index in [4.69, 9.17) is 18.9 Å². The van der Waals surface area contributed by atoms with Crippen LogP contribution in [0.2, 0.25) is 0 Å². The van der Waals surface area contributed by atoms with Gasteiger partial charge in [0.05, 0.1) is 30.8 Å². The second-order valence-electron chi connectivity index (χ2n) is 19.3. The molecule has 2 aliphatic heterocycles. The van der Waals surface area contributed by atoms with Crippen molar-refractivity contribution in [3.05, 3.63) is 23.8 Å². The standard InChI is InChI=1S/C41H62O16/c1-18-8-11-41(36(53)57-34-29(49)26(46)25(45)22(16-42)54-34)13-12-39(4)19(20(41)14-18)6-7-24-37(2)15-21(44)32(38(3,17-43)23(37)9-10-40(24,39)5)56-35-30(50)27(47)28(48)31(55-35)33(51)52/h6,20-32,34-35,42-50H,1,7-17H2,2-5H3,(H,51,52)/t20-,21+,22+,23+,24+,25-,26-,27-,28-,29+,30+,31-,32-,34-,35-,37-,38-,39+,40+,41-/m0/s1. The molecule has 10 N–H and O–H groups in total. The Labute approximate surface area is 332 Å². The SMILES string of the molecule is C=C1CC[C@]2(C(=O)O[C@@H]3O[C@H](CO)[C@H](O)[C@H](O)[C@H]3O)CC[C@]3(C)C(=CC[C@@H]4[C@@]5(C)C[C@@H](O)[C@H](O[C@@H]6O[C@H](C(=O)O)[C@@H](O)[C@H](O)[C@H]6O)[C@@](C)(CO)[C@@H]5CC[C@]43C)[C@@H]2C1. The van der Waals surface area contributed by atoms with Crippen LogP contribution in [0.25, 0.3) is 0 Å². The second kappa shape index (κ2) is 14.8. The topological polar surface area (TPSA) is 273 Å². The molecule has 57 heavy (non-hydrogen) atoms. The summed E-state index contributed by atoms with van der Waals surface area (Å²) in [6, 6.07) is 0. The number of carboxylic acid groups (broad SMARTS) is 1. The summed E-state index contributed by atoms with van der Waals surface area (Å²) in [5.41, 5.74) is -1.22. The maximum Gasteiger partial charge on any atom is 0.335 e. The minimum absolute atomic E-state index is 0.00390. The van der Waals surface area contributed by atoms with E-state index >= 15 is 0 Å². The number of aliphatic carboxylic acids is 1. The van der Waals surface area contributed by atoms with Gasteiger partial charge in [0.1, 0.15) is 42.7 Å². The van der Waals surface area contributed by atoms with Gasteiger partial charge in [-0.2, -0.15) is 0 Å². The lowest BCUT2D eigenvalue weighted by Gasteiger charge is -2.71. The third-order valence-corrected chi connectivity index (χ3v) is 16.7. The van der Waals surface area contributed by atoms with E-state index in [9.17, 15) is 60.7 Å². The molecule has 2 heterocycles. The Morgan fingerprint density at radius 2 is 1.51 bits per heavy atom. The predicted octanol–water partition coefficient (Wildman–Crippen LogP) is -0.118. The minimum atomic E-state index is -1.91. The molecule has 0 bridgehead atoms. The predicted molar refractivity (Wildman–Crippen MR) is 196 cm³/mol. The summed E-state index contributed by atoms with van der Waals surface area (Å²) in [5.74, 6) is -2.61. The molecule has 0 radical (unpaired) electrons. The highest BCUT2D eigenvalue weighted by Gasteiger charge is 2.71. The molecule has 0 spiro atoms. The zero-order chi connectivity index (χ0) is 41.8. The van der Waals surface area contributed by atoms with Crippen molar-refractivity contribution < 1.29 is 79.6 Å². The van der Waals surface area contributed by atoms with E-state index in [1.807, 2.05) is 6.92 Å². The zero-order valence-corrected chi connectivity index (χ0v) is 33.1. The van der Waals surface area contributed by atoms with Gasteiger partial charge >= 0.3 is 11.9 Å². The summed E-state index contributed by atoms with van der Waals surface area (Å²) in [7, 11) is 0. The molecule has 322 valence electrons. The fourth-order valence-corrected chi connectivity index (χ4v) is 13.3. The Morgan fingerprint density at radius 3 is 2.16 bits per heavy atom. The number of aliphatic hydroxyl groups is 9. The molecule has 0 unspecified atom stereocenters. The summed E-state index contributed by atoms with van der Waals surface area (Å²) in [5, 5.41) is 105. The van der Waals surface area contributed by atoms with Crippen molar-refractivity contribution in [1.29, 1.82) is 0 Å². The summed E-state index contributed by atoms with van der Waals surface area (Å²) in [6.07, 6.45) is -12.2. The molecule has 5 aliphatic carbocycles. The van der Waals surface area contributed by atoms with E-state index in [1.165, 1.54) is 0 Å². The van der Waals surface area contributed by atoms with Gasteiger partial charge in [-0.15, -0.1) is 0 Å². The van der Waals surface area contributed by atoms with Gasteiger partial charge in [-0.05, 0) is 85.9 Å². The highest BCUT2D eigenvalue weighted by molar-refractivity contribution is 5.79. The number of fused-ring (bicyclic) bond motifs is 7. The lowest BCUT2D eigenvalue weighted by atomic mass is 9.33. The molecule has 7 rings (SSSR count). The number of allylic oxidation sites excluding steroid dienone is 3. The van der Waals surface area contributed by atoms with Gasteiger partial charge < -0.3 is 70.0 Å². The van der Waals surface area contributed by atoms with Gasteiger partial charge in [-0.25, -0.2) is 4.79 Å². The van der Waals surface area contributed by atoms with E-state index in [1.54, 1.807) is 0 Å². The molecular formula is C41H62O16. The first-order chi connectivity index (χ1) is 26.6. The van der Waals surface area contributed by atoms with E-state index in [0.717, 1.165) is 17.6 Å². The number of carbonyl (C=O) groups excluding carboxylic acids is 1. The molecule has 20 atom stereocenters. The smallest absolute Gasteiger partial charge is 0.335 e. The molecule has 0 aromatic carbocycles. The van der Waals surface area contributed by atoms with E-state index in [0.29, 0.717) is 44.9 Å². The second-order valence-corrected chi connectivity index (χ2v) is 19.3. The molecule has 0 aromatic heterocycles. The first-order valence-electron chi connectivity index (χ1n) is 20.4. The highest BCUT2D eigenvalue weighted by Crippen LogP contribution is 2.75. The Bertz CT molecular complexity index is 1620. The summed E-state index contributed by atoms with van der Waals surface area (Å²) < 4.78 is 23.1. The summed E-state index contributed by atoms with van der Waals surface area (Å²) >= 11 is 0. The highest BCUT2D eigenvalue weighted by atomic mass is 16.7. The first kappa shape index (κ1) is 43.0. The molecule has 6 fully saturated rings. The molecule has 16 nitrogen and oxygen atoms in total. The maximum atomic E-state index is 14.4. The normalized spacial score (nSPS) is 53.7. The number of esters is 1. The van der Waals surface area contributed by atoms with E-state index in [2.05, 4.69) is 33.4 Å². The fraction of sp³-hybridized carbons (Fsp3) is 0.854. The quantitative estimate of drug-likeness (QED) is 0.0912. The molecule has 2 saturated heterocycles. The average molecular weight is 811 g/mol. The Balaban J connectivity index is 1.18. The molecule has 4 saturated carbocycles. The molecule has 16 heteroatoms. The van der Waals surface area contributed by atoms with Crippen LogP contribution in [0.3, 0.4) is 0 Å². The van der Waals surface area contributed by atoms with Gasteiger partial charge in [0.15, 0.2) is 12.4 Å². The summed E-state index contributed by atoms with van der Waals surface area (Å²) in [4.78, 5) is 26.2.